The van der Waals surface area contributed by atoms with Crippen LogP contribution in [0, 0.1) is 13.8 Å². The van der Waals surface area contributed by atoms with E-state index in [1.807, 2.05) is 50.4 Å². The molecule has 0 saturated heterocycles. The van der Waals surface area contributed by atoms with Crippen molar-refractivity contribution in [3.8, 4) is 5.75 Å². The molecule has 0 spiro atoms. The first-order valence-electron chi connectivity index (χ1n) is 8.64. The summed E-state index contributed by atoms with van der Waals surface area (Å²) in [6.07, 6.45) is 1.85. The molecule has 2 aromatic heterocycles. The number of H-pyrrole nitrogens is 1. The Labute approximate surface area is 156 Å². The molecule has 0 unspecified atom stereocenters. The minimum Gasteiger partial charge on any atom is -0.489 e. The lowest BCUT2D eigenvalue weighted by atomic mass is 10.1. The quantitative estimate of drug-likeness (QED) is 0.544. The number of benzene rings is 2. The first-order valence-corrected chi connectivity index (χ1v) is 8.64. The first kappa shape index (κ1) is 16.9. The first-order chi connectivity index (χ1) is 13.1. The minimum absolute atomic E-state index is 0.188. The Morgan fingerprint density at radius 1 is 1.19 bits per heavy atom. The van der Waals surface area contributed by atoms with Gasteiger partial charge in [-0.3, -0.25) is 4.79 Å². The SMILES string of the molecule is Cc1noc(C)c1COc1cccc(C(=O)Nc2cccc3[nH]ccc23)c1. The van der Waals surface area contributed by atoms with Crippen molar-refractivity contribution in [2.75, 3.05) is 5.32 Å². The van der Waals surface area contributed by atoms with E-state index in [0.717, 1.165) is 33.6 Å². The molecular weight excluding hydrogens is 342 g/mol. The Morgan fingerprint density at radius 3 is 2.85 bits per heavy atom. The number of anilines is 1. The Morgan fingerprint density at radius 2 is 2.04 bits per heavy atom. The van der Waals surface area contributed by atoms with Gasteiger partial charge in [0.15, 0.2) is 0 Å². The highest BCUT2D eigenvalue weighted by atomic mass is 16.5. The lowest BCUT2D eigenvalue weighted by Crippen LogP contribution is -2.12. The molecule has 4 rings (SSSR count). The van der Waals surface area contributed by atoms with E-state index < -0.39 is 0 Å². The molecule has 6 nitrogen and oxygen atoms in total. The number of hydrogen-bond acceptors (Lipinski definition) is 4. The zero-order valence-electron chi connectivity index (χ0n) is 15.1. The Balaban J connectivity index is 1.50. The summed E-state index contributed by atoms with van der Waals surface area (Å²) < 4.78 is 11.0. The molecule has 0 aliphatic rings. The van der Waals surface area contributed by atoms with E-state index in [0.29, 0.717) is 17.9 Å². The molecule has 1 amide bonds. The van der Waals surface area contributed by atoms with Gasteiger partial charge in [0.05, 0.1) is 16.9 Å². The number of nitrogens with zero attached hydrogens (tertiary/aromatic N) is 1. The van der Waals surface area contributed by atoms with Gasteiger partial charge in [0, 0.05) is 22.7 Å². The number of aromatic nitrogens is 2. The maximum absolute atomic E-state index is 12.7. The highest BCUT2D eigenvalue weighted by molar-refractivity contribution is 6.08. The molecular formula is C21H19N3O3. The average molecular weight is 361 g/mol. The van der Waals surface area contributed by atoms with Crippen LogP contribution in [0.1, 0.15) is 27.4 Å². The van der Waals surface area contributed by atoms with Gasteiger partial charge in [-0.15, -0.1) is 0 Å². The molecule has 136 valence electrons. The second-order valence-electron chi connectivity index (χ2n) is 6.32. The van der Waals surface area contributed by atoms with Crippen molar-refractivity contribution in [1.29, 1.82) is 0 Å². The number of aromatic amines is 1. The number of ether oxygens (including phenoxy) is 1. The van der Waals surface area contributed by atoms with Crippen LogP contribution in [0.2, 0.25) is 0 Å². The summed E-state index contributed by atoms with van der Waals surface area (Å²) in [5.74, 6) is 1.16. The lowest BCUT2D eigenvalue weighted by Gasteiger charge is -2.09. The summed E-state index contributed by atoms with van der Waals surface area (Å²) in [4.78, 5) is 15.8. The second kappa shape index (κ2) is 6.99. The lowest BCUT2D eigenvalue weighted by molar-refractivity contribution is 0.102. The van der Waals surface area contributed by atoms with Gasteiger partial charge in [0.25, 0.3) is 5.91 Å². The van der Waals surface area contributed by atoms with Crippen molar-refractivity contribution in [1.82, 2.24) is 10.1 Å². The molecule has 6 heteroatoms. The van der Waals surface area contributed by atoms with Gasteiger partial charge in [-0.2, -0.15) is 0 Å². The molecule has 0 radical (unpaired) electrons. The summed E-state index contributed by atoms with van der Waals surface area (Å²) in [5, 5.41) is 7.85. The van der Waals surface area contributed by atoms with Gasteiger partial charge in [0.1, 0.15) is 18.1 Å². The van der Waals surface area contributed by atoms with Gasteiger partial charge >= 0.3 is 0 Å². The third-order valence-corrected chi connectivity index (χ3v) is 4.50. The van der Waals surface area contributed by atoms with Crippen LogP contribution < -0.4 is 10.1 Å². The third-order valence-electron chi connectivity index (χ3n) is 4.50. The van der Waals surface area contributed by atoms with Crippen molar-refractivity contribution in [3.63, 3.8) is 0 Å². The maximum Gasteiger partial charge on any atom is 0.255 e. The average Bonchev–Trinajstić information content (AvgIpc) is 3.28. The van der Waals surface area contributed by atoms with Crippen molar-refractivity contribution < 1.29 is 14.1 Å². The zero-order chi connectivity index (χ0) is 18.8. The van der Waals surface area contributed by atoms with Crippen LogP contribution in [-0.4, -0.2) is 16.0 Å². The van der Waals surface area contributed by atoms with E-state index in [-0.39, 0.29) is 5.91 Å². The van der Waals surface area contributed by atoms with Gasteiger partial charge in [-0.25, -0.2) is 0 Å². The van der Waals surface area contributed by atoms with Crippen molar-refractivity contribution in [2.24, 2.45) is 0 Å². The maximum atomic E-state index is 12.7. The molecule has 0 fully saturated rings. The topological polar surface area (TPSA) is 80.2 Å². The van der Waals surface area contributed by atoms with Gasteiger partial charge in [-0.05, 0) is 50.2 Å². The van der Waals surface area contributed by atoms with Gasteiger partial charge < -0.3 is 19.6 Å². The molecule has 0 aliphatic carbocycles. The van der Waals surface area contributed by atoms with Gasteiger partial charge in [-0.1, -0.05) is 17.3 Å². The number of carbonyl (C=O) groups is 1. The van der Waals surface area contributed by atoms with Crippen LogP contribution in [0.15, 0.2) is 59.3 Å². The highest BCUT2D eigenvalue weighted by Gasteiger charge is 2.12. The van der Waals surface area contributed by atoms with E-state index >= 15 is 0 Å². The molecule has 0 aliphatic heterocycles. The summed E-state index contributed by atoms with van der Waals surface area (Å²) in [7, 11) is 0. The van der Waals surface area contributed by atoms with E-state index in [1.165, 1.54) is 0 Å². The number of carbonyl (C=O) groups excluding carboxylic acids is 1. The summed E-state index contributed by atoms with van der Waals surface area (Å²) in [5.41, 5.74) is 3.99. The van der Waals surface area contributed by atoms with E-state index in [9.17, 15) is 4.79 Å². The largest absolute Gasteiger partial charge is 0.489 e. The van der Waals surface area contributed by atoms with Crippen molar-refractivity contribution in [2.45, 2.75) is 20.5 Å². The molecule has 27 heavy (non-hydrogen) atoms. The normalized spacial score (nSPS) is 10.9. The number of fused-ring (bicyclic) bond motifs is 1. The van der Waals surface area contributed by atoms with Crippen LogP contribution >= 0.6 is 0 Å². The third kappa shape index (κ3) is 3.42. The van der Waals surface area contributed by atoms with Crippen LogP contribution in [0.3, 0.4) is 0 Å². The summed E-state index contributed by atoms with van der Waals surface area (Å²) in [6, 6.07) is 14.8. The molecule has 2 N–H and O–H groups in total. The van der Waals surface area contributed by atoms with Crippen LogP contribution in [-0.2, 0) is 6.61 Å². The Hall–Kier alpha value is -3.54. The standard InChI is InChI=1S/C21H19N3O3/c1-13-18(14(2)27-24-13)12-26-16-6-3-5-15(11-16)21(25)23-20-8-4-7-19-17(20)9-10-22-19/h3-11,22H,12H2,1-2H3,(H,23,25). The Bertz CT molecular complexity index is 1090. The van der Waals surface area contributed by atoms with E-state index in [1.54, 1.807) is 18.2 Å². The molecule has 2 heterocycles. The predicted octanol–water partition coefficient (Wildman–Crippen LogP) is 4.60. The number of nitrogens with one attached hydrogen (secondary N) is 2. The van der Waals surface area contributed by atoms with Crippen LogP contribution in [0.4, 0.5) is 5.69 Å². The fourth-order valence-electron chi connectivity index (χ4n) is 2.98. The van der Waals surface area contributed by atoms with Crippen molar-refractivity contribution in [3.05, 3.63) is 77.3 Å². The fourth-order valence-corrected chi connectivity index (χ4v) is 2.98. The van der Waals surface area contributed by atoms with Gasteiger partial charge in [0.2, 0.25) is 0 Å². The fraction of sp³-hybridized carbons (Fsp3) is 0.143. The summed E-state index contributed by atoms with van der Waals surface area (Å²) in [6.45, 7) is 4.07. The molecule has 4 aromatic rings. The van der Waals surface area contributed by atoms with Crippen LogP contribution in [0.25, 0.3) is 10.9 Å². The molecule has 2 aromatic carbocycles. The minimum atomic E-state index is -0.188. The smallest absolute Gasteiger partial charge is 0.255 e. The van der Waals surface area contributed by atoms with E-state index in [2.05, 4.69) is 15.5 Å². The monoisotopic (exact) mass is 361 g/mol. The second-order valence-corrected chi connectivity index (χ2v) is 6.32. The molecule has 0 atom stereocenters. The highest BCUT2D eigenvalue weighted by Crippen LogP contribution is 2.24. The number of amides is 1. The number of aryl methyl sites for hydroxylation is 2. The van der Waals surface area contributed by atoms with Crippen molar-refractivity contribution >= 4 is 22.5 Å². The predicted molar refractivity (Wildman–Crippen MR) is 103 cm³/mol. The Kier molecular flexibility index (Phi) is 4.38. The number of hydrogen-bond donors (Lipinski definition) is 2. The number of rotatable bonds is 5. The molecule has 0 saturated carbocycles. The van der Waals surface area contributed by atoms with Crippen LogP contribution in [0.5, 0.6) is 5.75 Å². The summed E-state index contributed by atoms with van der Waals surface area (Å²) >= 11 is 0. The molecule has 0 bridgehead atoms. The van der Waals surface area contributed by atoms with E-state index in [4.69, 9.17) is 9.26 Å². The zero-order valence-corrected chi connectivity index (χ0v) is 15.1.